The molecule has 2 rings (SSSR count). The van der Waals surface area contributed by atoms with Gasteiger partial charge in [-0.25, -0.2) is 0 Å². The third-order valence-corrected chi connectivity index (χ3v) is 4.07. The van der Waals surface area contributed by atoms with Crippen molar-refractivity contribution in [2.24, 2.45) is 7.05 Å². The SMILES string of the molecule is CCN1CCCC1CN(C)CC(=O)c1cccn1C. The zero-order chi connectivity index (χ0) is 13.8. The number of hydrogen-bond donors (Lipinski definition) is 0. The van der Waals surface area contributed by atoms with Crippen molar-refractivity contribution in [3.05, 3.63) is 24.0 Å². The van der Waals surface area contributed by atoms with Crippen LogP contribution in [0.2, 0.25) is 0 Å². The van der Waals surface area contributed by atoms with Crippen LogP contribution in [0.1, 0.15) is 30.3 Å². The molecule has 1 saturated heterocycles. The van der Waals surface area contributed by atoms with Gasteiger partial charge in [-0.15, -0.1) is 0 Å². The number of aryl methyl sites for hydroxylation is 1. The van der Waals surface area contributed by atoms with Crippen molar-refractivity contribution in [3.8, 4) is 0 Å². The monoisotopic (exact) mass is 263 g/mol. The zero-order valence-electron chi connectivity index (χ0n) is 12.3. The van der Waals surface area contributed by atoms with Crippen molar-refractivity contribution < 1.29 is 4.79 Å². The first kappa shape index (κ1) is 14.3. The maximum atomic E-state index is 12.2. The lowest BCUT2D eigenvalue weighted by molar-refractivity contribution is 0.0921. The maximum absolute atomic E-state index is 12.2. The minimum Gasteiger partial charge on any atom is -0.348 e. The molecule has 0 spiro atoms. The van der Waals surface area contributed by atoms with Gasteiger partial charge in [0.15, 0.2) is 5.78 Å². The molecule has 2 heterocycles. The maximum Gasteiger partial charge on any atom is 0.193 e. The Morgan fingerprint density at radius 3 is 2.95 bits per heavy atom. The van der Waals surface area contributed by atoms with Crippen LogP contribution in [0.15, 0.2) is 18.3 Å². The van der Waals surface area contributed by atoms with Crippen LogP contribution < -0.4 is 0 Å². The smallest absolute Gasteiger partial charge is 0.193 e. The Kier molecular flexibility index (Phi) is 4.77. The molecular weight excluding hydrogens is 238 g/mol. The number of ketones is 1. The van der Waals surface area contributed by atoms with Gasteiger partial charge in [0.2, 0.25) is 0 Å². The Morgan fingerprint density at radius 2 is 2.32 bits per heavy atom. The quantitative estimate of drug-likeness (QED) is 0.730. The van der Waals surface area contributed by atoms with Gasteiger partial charge in [-0.05, 0) is 45.1 Å². The summed E-state index contributed by atoms with van der Waals surface area (Å²) in [5.74, 6) is 0.205. The number of likely N-dealkylation sites (N-methyl/N-ethyl adjacent to an activating group) is 2. The van der Waals surface area contributed by atoms with Gasteiger partial charge >= 0.3 is 0 Å². The lowest BCUT2D eigenvalue weighted by Crippen LogP contribution is -2.40. The van der Waals surface area contributed by atoms with E-state index in [0.29, 0.717) is 12.6 Å². The van der Waals surface area contributed by atoms with Crippen LogP contribution in [0.4, 0.5) is 0 Å². The summed E-state index contributed by atoms with van der Waals surface area (Å²) < 4.78 is 1.89. The van der Waals surface area contributed by atoms with Crippen molar-refractivity contribution in [1.82, 2.24) is 14.4 Å². The Morgan fingerprint density at radius 1 is 1.53 bits per heavy atom. The largest absolute Gasteiger partial charge is 0.348 e. The molecule has 0 radical (unpaired) electrons. The summed E-state index contributed by atoms with van der Waals surface area (Å²) in [6.45, 7) is 6.04. The Bertz CT molecular complexity index is 427. The lowest BCUT2D eigenvalue weighted by Gasteiger charge is -2.27. The van der Waals surface area contributed by atoms with Gasteiger partial charge in [-0.2, -0.15) is 0 Å². The standard InChI is InChI=1S/C15H25N3O/c1-4-18-10-5-7-13(18)11-16(2)12-15(19)14-8-6-9-17(14)3/h6,8-9,13H,4-5,7,10-12H2,1-3H3. The predicted octanol–water partition coefficient (Wildman–Crippen LogP) is 1.62. The highest BCUT2D eigenvalue weighted by atomic mass is 16.1. The molecular formula is C15H25N3O. The number of rotatable bonds is 6. The van der Waals surface area contributed by atoms with Gasteiger partial charge in [0, 0.05) is 25.8 Å². The van der Waals surface area contributed by atoms with E-state index in [4.69, 9.17) is 0 Å². The molecule has 1 unspecified atom stereocenters. The molecule has 0 aliphatic carbocycles. The van der Waals surface area contributed by atoms with E-state index in [9.17, 15) is 4.79 Å². The molecule has 0 amide bonds. The van der Waals surface area contributed by atoms with Crippen molar-refractivity contribution >= 4 is 5.78 Å². The molecule has 1 aliphatic heterocycles. The predicted molar refractivity (Wildman–Crippen MR) is 77.5 cm³/mol. The Labute approximate surface area is 116 Å². The molecule has 0 bridgehead atoms. The Hall–Kier alpha value is -1.13. The molecule has 0 N–H and O–H groups in total. The van der Waals surface area contributed by atoms with Gasteiger partial charge < -0.3 is 4.57 Å². The summed E-state index contributed by atoms with van der Waals surface area (Å²) in [6, 6.07) is 4.43. The molecule has 1 aliphatic rings. The minimum absolute atomic E-state index is 0.205. The third kappa shape index (κ3) is 3.45. The Balaban J connectivity index is 1.86. The summed E-state index contributed by atoms with van der Waals surface area (Å²) in [4.78, 5) is 16.9. The second-order valence-corrected chi connectivity index (χ2v) is 5.55. The van der Waals surface area contributed by atoms with Crippen molar-refractivity contribution in [2.75, 3.05) is 33.2 Å². The molecule has 1 aromatic rings. The van der Waals surface area contributed by atoms with E-state index in [1.165, 1.54) is 19.4 Å². The van der Waals surface area contributed by atoms with Gasteiger partial charge in [-0.3, -0.25) is 14.6 Å². The fourth-order valence-electron chi connectivity index (χ4n) is 3.02. The summed E-state index contributed by atoms with van der Waals surface area (Å²) in [7, 11) is 3.97. The van der Waals surface area contributed by atoms with E-state index >= 15 is 0 Å². The number of likely N-dealkylation sites (tertiary alicyclic amines) is 1. The van der Waals surface area contributed by atoms with E-state index in [1.807, 2.05) is 37.0 Å². The second-order valence-electron chi connectivity index (χ2n) is 5.55. The van der Waals surface area contributed by atoms with E-state index in [1.54, 1.807) is 0 Å². The molecule has 19 heavy (non-hydrogen) atoms. The number of carbonyl (C=O) groups is 1. The van der Waals surface area contributed by atoms with Crippen molar-refractivity contribution in [2.45, 2.75) is 25.8 Å². The highest BCUT2D eigenvalue weighted by molar-refractivity contribution is 5.96. The van der Waals surface area contributed by atoms with Crippen molar-refractivity contribution in [3.63, 3.8) is 0 Å². The summed E-state index contributed by atoms with van der Waals surface area (Å²) in [6.07, 6.45) is 4.47. The minimum atomic E-state index is 0.205. The van der Waals surface area contributed by atoms with Crippen LogP contribution in [0, 0.1) is 0 Å². The normalized spacial score (nSPS) is 20.3. The summed E-state index contributed by atoms with van der Waals surface area (Å²) >= 11 is 0. The highest BCUT2D eigenvalue weighted by Crippen LogP contribution is 2.17. The van der Waals surface area contributed by atoms with Crippen LogP contribution in [-0.2, 0) is 7.05 Å². The first-order valence-electron chi connectivity index (χ1n) is 7.19. The average molecular weight is 263 g/mol. The molecule has 106 valence electrons. The van der Waals surface area contributed by atoms with E-state index in [-0.39, 0.29) is 5.78 Å². The molecule has 1 atom stereocenters. The van der Waals surface area contributed by atoms with Crippen molar-refractivity contribution in [1.29, 1.82) is 0 Å². The number of nitrogens with zero attached hydrogens (tertiary/aromatic N) is 3. The summed E-state index contributed by atoms with van der Waals surface area (Å²) in [5.41, 5.74) is 0.797. The molecule has 1 aromatic heterocycles. The van der Waals surface area contributed by atoms with Gasteiger partial charge in [0.25, 0.3) is 0 Å². The number of aromatic nitrogens is 1. The summed E-state index contributed by atoms with van der Waals surface area (Å²) in [5, 5.41) is 0. The molecule has 0 saturated carbocycles. The fraction of sp³-hybridized carbons (Fsp3) is 0.667. The van der Waals surface area contributed by atoms with E-state index in [0.717, 1.165) is 18.8 Å². The van der Waals surface area contributed by atoms with Crippen LogP contribution >= 0.6 is 0 Å². The van der Waals surface area contributed by atoms with Crippen LogP contribution in [0.5, 0.6) is 0 Å². The number of Topliss-reactive ketones (excluding diaryl/α,β-unsaturated/α-hetero) is 1. The number of hydrogen-bond acceptors (Lipinski definition) is 3. The third-order valence-electron chi connectivity index (χ3n) is 4.07. The lowest BCUT2D eigenvalue weighted by atomic mass is 10.2. The highest BCUT2D eigenvalue weighted by Gasteiger charge is 2.24. The topological polar surface area (TPSA) is 28.5 Å². The van der Waals surface area contributed by atoms with Gasteiger partial charge in [-0.1, -0.05) is 6.92 Å². The average Bonchev–Trinajstić information content (AvgIpc) is 2.97. The van der Waals surface area contributed by atoms with Crippen LogP contribution in [0.25, 0.3) is 0 Å². The second kappa shape index (κ2) is 6.35. The van der Waals surface area contributed by atoms with Crippen LogP contribution in [-0.4, -0.2) is 59.4 Å². The van der Waals surface area contributed by atoms with E-state index < -0.39 is 0 Å². The zero-order valence-corrected chi connectivity index (χ0v) is 12.3. The van der Waals surface area contributed by atoms with Crippen LogP contribution in [0.3, 0.4) is 0 Å². The first-order chi connectivity index (χ1) is 9.11. The van der Waals surface area contributed by atoms with Gasteiger partial charge in [0.05, 0.1) is 12.2 Å². The number of carbonyl (C=O) groups excluding carboxylic acids is 1. The first-order valence-corrected chi connectivity index (χ1v) is 7.19. The van der Waals surface area contributed by atoms with E-state index in [2.05, 4.69) is 16.7 Å². The molecule has 0 aromatic carbocycles. The molecule has 4 heteroatoms. The van der Waals surface area contributed by atoms with Gasteiger partial charge in [0.1, 0.15) is 0 Å². The fourth-order valence-corrected chi connectivity index (χ4v) is 3.02. The molecule has 1 fully saturated rings. The molecule has 4 nitrogen and oxygen atoms in total.